The predicted molar refractivity (Wildman–Crippen MR) is 95.3 cm³/mol. The number of ether oxygens (including phenoxy) is 1. The Morgan fingerprint density at radius 1 is 1.16 bits per heavy atom. The van der Waals surface area contributed by atoms with E-state index in [2.05, 4.69) is 15.7 Å². The minimum Gasteiger partial charge on any atom is -0.444 e. The number of hydrogen-bond acceptors (Lipinski definition) is 4. The molecule has 134 valence electrons. The van der Waals surface area contributed by atoms with Crippen LogP contribution in [0.15, 0.2) is 42.6 Å². The molecule has 2 N–H and O–H groups in total. The smallest absolute Gasteiger partial charge is 0.407 e. The molecule has 1 aromatic heterocycles. The summed E-state index contributed by atoms with van der Waals surface area (Å²) in [7, 11) is 0. The fourth-order valence-corrected chi connectivity index (χ4v) is 2.12. The molecule has 0 atom stereocenters. The largest absolute Gasteiger partial charge is 0.444 e. The summed E-state index contributed by atoms with van der Waals surface area (Å²) in [5.41, 5.74) is 0.532. The van der Waals surface area contributed by atoms with Crippen LogP contribution in [0.25, 0.3) is 0 Å². The lowest BCUT2D eigenvalue weighted by Gasteiger charge is -2.19. The van der Waals surface area contributed by atoms with Crippen molar-refractivity contribution in [3.8, 4) is 0 Å². The molecule has 0 aliphatic heterocycles. The van der Waals surface area contributed by atoms with E-state index in [0.717, 1.165) is 5.56 Å². The van der Waals surface area contributed by atoms with Gasteiger partial charge in [-0.2, -0.15) is 5.10 Å². The fourth-order valence-electron chi connectivity index (χ4n) is 2.12. The second-order valence-corrected chi connectivity index (χ2v) is 6.59. The first kappa shape index (κ1) is 18.5. The normalized spacial score (nSPS) is 11.0. The molecule has 7 nitrogen and oxygen atoms in total. The lowest BCUT2D eigenvalue weighted by molar-refractivity contribution is -0.116. The van der Waals surface area contributed by atoms with Crippen molar-refractivity contribution in [2.24, 2.45) is 0 Å². The maximum absolute atomic E-state index is 12.0. The number of benzene rings is 1. The highest BCUT2D eigenvalue weighted by atomic mass is 16.6. The van der Waals surface area contributed by atoms with Gasteiger partial charge in [-0.1, -0.05) is 30.3 Å². The highest BCUT2D eigenvalue weighted by Crippen LogP contribution is 2.10. The van der Waals surface area contributed by atoms with Gasteiger partial charge in [0.15, 0.2) is 0 Å². The van der Waals surface area contributed by atoms with Gasteiger partial charge < -0.3 is 15.4 Å². The molecule has 2 rings (SSSR count). The molecule has 25 heavy (non-hydrogen) atoms. The summed E-state index contributed by atoms with van der Waals surface area (Å²) < 4.78 is 6.83. The zero-order valence-corrected chi connectivity index (χ0v) is 14.8. The van der Waals surface area contributed by atoms with Gasteiger partial charge in [0.05, 0.1) is 12.7 Å². The highest BCUT2D eigenvalue weighted by molar-refractivity contribution is 5.90. The zero-order valence-electron chi connectivity index (χ0n) is 14.8. The van der Waals surface area contributed by atoms with Gasteiger partial charge in [0.2, 0.25) is 5.91 Å². The summed E-state index contributed by atoms with van der Waals surface area (Å²) in [5.74, 6) is 0.414. The van der Waals surface area contributed by atoms with Crippen LogP contribution in [-0.4, -0.2) is 33.9 Å². The summed E-state index contributed by atoms with van der Waals surface area (Å²) in [4.78, 5) is 23.6. The average molecular weight is 344 g/mol. The Labute approximate surface area is 147 Å². The maximum Gasteiger partial charge on any atom is 0.407 e. The number of aromatic nitrogens is 2. The van der Waals surface area contributed by atoms with E-state index in [1.807, 2.05) is 30.3 Å². The molecule has 0 bridgehead atoms. The first-order valence-electron chi connectivity index (χ1n) is 8.16. The summed E-state index contributed by atoms with van der Waals surface area (Å²) in [6.45, 7) is 6.13. The molecule has 0 fully saturated rings. The summed E-state index contributed by atoms with van der Waals surface area (Å²) >= 11 is 0. The Kier molecular flexibility index (Phi) is 6.16. The first-order valence-corrected chi connectivity index (χ1v) is 8.16. The van der Waals surface area contributed by atoms with Gasteiger partial charge in [-0.3, -0.25) is 4.79 Å². The van der Waals surface area contributed by atoms with Crippen LogP contribution in [0, 0.1) is 0 Å². The van der Waals surface area contributed by atoms with Gasteiger partial charge in [-0.15, -0.1) is 0 Å². The van der Waals surface area contributed by atoms with E-state index in [1.54, 1.807) is 37.7 Å². The van der Waals surface area contributed by atoms with E-state index >= 15 is 0 Å². The van der Waals surface area contributed by atoms with E-state index in [4.69, 9.17) is 4.74 Å². The van der Waals surface area contributed by atoms with Crippen molar-refractivity contribution < 1.29 is 14.3 Å². The van der Waals surface area contributed by atoms with Crippen molar-refractivity contribution in [3.05, 3.63) is 48.2 Å². The number of carbonyl (C=O) groups is 2. The van der Waals surface area contributed by atoms with Crippen molar-refractivity contribution >= 4 is 17.8 Å². The number of nitrogens with zero attached hydrogens (tertiary/aromatic N) is 2. The monoisotopic (exact) mass is 344 g/mol. The molecule has 0 saturated carbocycles. The zero-order chi connectivity index (χ0) is 18.3. The van der Waals surface area contributed by atoms with Crippen LogP contribution in [0.5, 0.6) is 0 Å². The van der Waals surface area contributed by atoms with Crippen molar-refractivity contribution in [1.29, 1.82) is 0 Å². The highest BCUT2D eigenvalue weighted by Gasteiger charge is 2.16. The number of alkyl carbamates (subject to hydrolysis) is 1. The quantitative estimate of drug-likeness (QED) is 0.844. The van der Waals surface area contributed by atoms with E-state index in [1.165, 1.54) is 0 Å². The lowest BCUT2D eigenvalue weighted by Crippen LogP contribution is -2.34. The topological polar surface area (TPSA) is 85.2 Å². The Bertz CT molecular complexity index is 705. The molecule has 0 unspecified atom stereocenters. The average Bonchev–Trinajstić information content (AvgIpc) is 2.93. The number of hydrogen-bond donors (Lipinski definition) is 2. The molecule has 2 aromatic rings. The SMILES string of the molecule is CC(C)(C)OC(=O)NCCC(=O)Nc1ccnn1Cc1ccccc1. The molecule has 0 saturated heterocycles. The molecule has 0 radical (unpaired) electrons. The van der Waals surface area contributed by atoms with Crippen molar-refractivity contribution in [2.75, 3.05) is 11.9 Å². The molecule has 1 aromatic carbocycles. The van der Waals surface area contributed by atoms with E-state index < -0.39 is 11.7 Å². The molecule has 7 heteroatoms. The molecule has 1 heterocycles. The minimum atomic E-state index is -0.559. The van der Waals surface area contributed by atoms with Gasteiger partial charge in [0.1, 0.15) is 11.4 Å². The van der Waals surface area contributed by atoms with Crippen LogP contribution in [0.1, 0.15) is 32.8 Å². The molecule has 0 aliphatic carbocycles. The van der Waals surface area contributed by atoms with Crippen molar-refractivity contribution in [1.82, 2.24) is 15.1 Å². The summed E-state index contributed by atoms with van der Waals surface area (Å²) in [6, 6.07) is 11.6. The maximum atomic E-state index is 12.0. The summed E-state index contributed by atoms with van der Waals surface area (Å²) in [5, 5.41) is 9.59. The second-order valence-electron chi connectivity index (χ2n) is 6.59. The minimum absolute atomic E-state index is 0.149. The Morgan fingerprint density at radius 2 is 1.88 bits per heavy atom. The number of carbonyl (C=O) groups excluding carboxylic acids is 2. The van der Waals surface area contributed by atoms with Gasteiger partial charge in [0, 0.05) is 19.0 Å². The van der Waals surface area contributed by atoms with E-state index in [0.29, 0.717) is 12.4 Å². The third kappa shape index (κ3) is 6.66. The lowest BCUT2D eigenvalue weighted by atomic mass is 10.2. The van der Waals surface area contributed by atoms with E-state index in [-0.39, 0.29) is 18.9 Å². The molecule has 0 spiro atoms. The fraction of sp³-hybridized carbons (Fsp3) is 0.389. The number of anilines is 1. The van der Waals surface area contributed by atoms with E-state index in [9.17, 15) is 9.59 Å². The van der Waals surface area contributed by atoms with Crippen LogP contribution >= 0.6 is 0 Å². The Morgan fingerprint density at radius 3 is 2.56 bits per heavy atom. The summed E-state index contributed by atoms with van der Waals surface area (Å²) in [6.07, 6.45) is 1.25. The van der Waals surface area contributed by atoms with Crippen LogP contribution in [0.2, 0.25) is 0 Å². The van der Waals surface area contributed by atoms with Gasteiger partial charge in [-0.25, -0.2) is 9.48 Å². The molecule has 0 aliphatic rings. The predicted octanol–water partition coefficient (Wildman–Crippen LogP) is 2.78. The Hall–Kier alpha value is -2.83. The third-order valence-corrected chi connectivity index (χ3v) is 3.18. The van der Waals surface area contributed by atoms with Crippen LogP contribution in [-0.2, 0) is 16.1 Å². The number of amides is 2. The molecular formula is C18H24N4O3. The Balaban J connectivity index is 1.80. The van der Waals surface area contributed by atoms with Crippen LogP contribution < -0.4 is 10.6 Å². The number of nitrogens with one attached hydrogen (secondary N) is 2. The molecular weight excluding hydrogens is 320 g/mol. The van der Waals surface area contributed by atoms with Gasteiger partial charge >= 0.3 is 6.09 Å². The van der Waals surface area contributed by atoms with Crippen molar-refractivity contribution in [3.63, 3.8) is 0 Å². The van der Waals surface area contributed by atoms with Gasteiger partial charge in [-0.05, 0) is 26.3 Å². The van der Waals surface area contributed by atoms with Crippen molar-refractivity contribution in [2.45, 2.75) is 39.3 Å². The van der Waals surface area contributed by atoms with Crippen LogP contribution in [0.3, 0.4) is 0 Å². The first-order chi connectivity index (χ1) is 11.8. The van der Waals surface area contributed by atoms with Gasteiger partial charge in [0.25, 0.3) is 0 Å². The number of rotatable bonds is 6. The third-order valence-electron chi connectivity index (χ3n) is 3.18. The standard InChI is InChI=1S/C18H24N4O3/c1-18(2,3)25-17(24)19-11-10-16(23)21-15-9-12-20-22(15)13-14-7-5-4-6-8-14/h4-9,12H,10-11,13H2,1-3H3,(H,19,24)(H,21,23). The molecule has 2 amide bonds. The second kappa shape index (κ2) is 8.32. The van der Waals surface area contributed by atoms with Crippen LogP contribution in [0.4, 0.5) is 10.6 Å².